The minimum absolute atomic E-state index is 0.207. The molecule has 0 saturated heterocycles. The molecule has 106 valence electrons. The molecule has 1 aromatic rings. The number of amides is 1. The topological polar surface area (TPSA) is 93.8 Å². The molecule has 0 saturated carbocycles. The Morgan fingerprint density at radius 1 is 1.45 bits per heavy atom. The molecule has 0 radical (unpaired) electrons. The second-order valence-corrected chi connectivity index (χ2v) is 4.48. The molecule has 1 unspecified atom stereocenters. The molecule has 2 rings (SSSR count). The number of hydrazone groups is 1. The van der Waals surface area contributed by atoms with Gasteiger partial charge in [-0.3, -0.25) is 4.79 Å². The van der Waals surface area contributed by atoms with Gasteiger partial charge in [0.05, 0.1) is 12.5 Å². The molecule has 0 bridgehead atoms. The van der Waals surface area contributed by atoms with Crippen LogP contribution in [0.2, 0.25) is 0 Å². The van der Waals surface area contributed by atoms with Crippen molar-refractivity contribution >= 4 is 17.7 Å². The molecule has 6 heteroatoms. The van der Waals surface area contributed by atoms with Gasteiger partial charge >= 0.3 is 5.97 Å². The van der Waals surface area contributed by atoms with Gasteiger partial charge in [-0.25, -0.2) is 10.2 Å². The highest BCUT2D eigenvalue weighted by atomic mass is 16.5. The summed E-state index contributed by atoms with van der Waals surface area (Å²) in [4.78, 5) is 23.3. The molecule has 0 spiro atoms. The SMILES string of the molecule is CCOC(=O)/C(N)=N\NC(=O)C1CCc2ccccc21. The summed E-state index contributed by atoms with van der Waals surface area (Å²) in [5, 5.41) is 3.58. The van der Waals surface area contributed by atoms with Crippen molar-refractivity contribution < 1.29 is 14.3 Å². The third-order valence-electron chi connectivity index (χ3n) is 3.22. The highest BCUT2D eigenvalue weighted by Gasteiger charge is 2.28. The van der Waals surface area contributed by atoms with Gasteiger partial charge in [0.2, 0.25) is 11.7 Å². The minimum atomic E-state index is -0.736. The quantitative estimate of drug-likeness (QED) is 0.367. The van der Waals surface area contributed by atoms with Gasteiger partial charge in [0.15, 0.2) is 0 Å². The van der Waals surface area contributed by atoms with Crippen LogP contribution in [0.4, 0.5) is 0 Å². The number of benzene rings is 1. The smallest absolute Gasteiger partial charge is 0.375 e. The van der Waals surface area contributed by atoms with Crippen molar-refractivity contribution in [1.82, 2.24) is 5.43 Å². The number of aryl methyl sites for hydroxylation is 1. The molecule has 6 nitrogen and oxygen atoms in total. The highest BCUT2D eigenvalue weighted by molar-refractivity contribution is 6.34. The van der Waals surface area contributed by atoms with E-state index in [2.05, 4.69) is 15.3 Å². The Labute approximate surface area is 117 Å². The van der Waals surface area contributed by atoms with Gasteiger partial charge < -0.3 is 10.5 Å². The lowest BCUT2D eigenvalue weighted by molar-refractivity contribution is -0.135. The van der Waals surface area contributed by atoms with E-state index < -0.39 is 5.97 Å². The van der Waals surface area contributed by atoms with Crippen LogP contribution in [0.3, 0.4) is 0 Å². The zero-order valence-corrected chi connectivity index (χ0v) is 11.3. The number of amidine groups is 1. The molecule has 0 aromatic heterocycles. The first-order chi connectivity index (χ1) is 9.63. The van der Waals surface area contributed by atoms with Crippen LogP contribution < -0.4 is 11.2 Å². The molecule has 20 heavy (non-hydrogen) atoms. The van der Waals surface area contributed by atoms with Crippen LogP contribution in [0.1, 0.15) is 30.4 Å². The van der Waals surface area contributed by atoms with Crippen LogP contribution in [-0.4, -0.2) is 24.3 Å². The van der Waals surface area contributed by atoms with Crippen molar-refractivity contribution in [3.63, 3.8) is 0 Å². The van der Waals surface area contributed by atoms with E-state index in [0.29, 0.717) is 0 Å². The Hall–Kier alpha value is -2.37. The fourth-order valence-corrected chi connectivity index (χ4v) is 2.27. The van der Waals surface area contributed by atoms with Gasteiger partial charge in [-0.1, -0.05) is 24.3 Å². The van der Waals surface area contributed by atoms with E-state index in [-0.39, 0.29) is 24.3 Å². The summed E-state index contributed by atoms with van der Waals surface area (Å²) >= 11 is 0. The van der Waals surface area contributed by atoms with E-state index in [4.69, 9.17) is 5.73 Å². The summed E-state index contributed by atoms with van der Waals surface area (Å²) in [5.41, 5.74) is 9.92. The first-order valence-corrected chi connectivity index (χ1v) is 6.51. The van der Waals surface area contributed by atoms with Crippen molar-refractivity contribution in [2.45, 2.75) is 25.7 Å². The lowest BCUT2D eigenvalue weighted by Crippen LogP contribution is -2.32. The average Bonchev–Trinajstić information content (AvgIpc) is 2.88. The van der Waals surface area contributed by atoms with Crippen molar-refractivity contribution in [3.8, 4) is 0 Å². The van der Waals surface area contributed by atoms with E-state index in [9.17, 15) is 9.59 Å². The number of carbonyl (C=O) groups is 2. The van der Waals surface area contributed by atoms with Crippen LogP contribution in [0, 0.1) is 0 Å². The summed E-state index contributed by atoms with van der Waals surface area (Å²) in [6.45, 7) is 1.87. The Morgan fingerprint density at radius 2 is 2.20 bits per heavy atom. The minimum Gasteiger partial charge on any atom is -0.460 e. The number of ether oxygens (including phenoxy) is 1. The highest BCUT2D eigenvalue weighted by Crippen LogP contribution is 2.32. The Balaban J connectivity index is 2.00. The fraction of sp³-hybridized carbons (Fsp3) is 0.357. The number of rotatable bonds is 3. The van der Waals surface area contributed by atoms with Gasteiger partial charge in [-0.2, -0.15) is 0 Å². The van der Waals surface area contributed by atoms with E-state index in [1.54, 1.807) is 6.92 Å². The molecule has 0 aliphatic heterocycles. The molecule has 1 atom stereocenters. The summed E-state index contributed by atoms with van der Waals surface area (Å²) in [6.07, 6.45) is 1.60. The summed E-state index contributed by atoms with van der Waals surface area (Å²) in [5.74, 6) is -1.60. The summed E-state index contributed by atoms with van der Waals surface area (Å²) < 4.78 is 4.67. The molecule has 1 aliphatic rings. The summed E-state index contributed by atoms with van der Waals surface area (Å²) in [7, 11) is 0. The van der Waals surface area contributed by atoms with Crippen molar-refractivity contribution in [3.05, 3.63) is 35.4 Å². The van der Waals surface area contributed by atoms with Crippen LogP contribution in [0.15, 0.2) is 29.4 Å². The fourth-order valence-electron chi connectivity index (χ4n) is 2.27. The lowest BCUT2D eigenvalue weighted by Gasteiger charge is -2.09. The maximum atomic E-state index is 12.1. The molecular weight excluding hydrogens is 258 g/mol. The van der Waals surface area contributed by atoms with E-state index in [1.807, 2.05) is 24.3 Å². The number of nitrogens with two attached hydrogens (primary N) is 1. The van der Waals surface area contributed by atoms with Crippen molar-refractivity contribution in [1.29, 1.82) is 0 Å². The second kappa shape index (κ2) is 6.18. The number of nitrogens with one attached hydrogen (secondary N) is 1. The predicted molar refractivity (Wildman–Crippen MR) is 73.9 cm³/mol. The maximum absolute atomic E-state index is 12.1. The lowest BCUT2D eigenvalue weighted by atomic mass is 10.0. The molecule has 3 N–H and O–H groups in total. The largest absolute Gasteiger partial charge is 0.460 e. The molecule has 0 fully saturated rings. The summed E-state index contributed by atoms with van der Waals surface area (Å²) in [6, 6.07) is 7.81. The normalized spacial score (nSPS) is 17.4. The van der Waals surface area contributed by atoms with Gasteiger partial charge in [0, 0.05) is 0 Å². The van der Waals surface area contributed by atoms with E-state index in [1.165, 1.54) is 5.56 Å². The number of fused-ring (bicyclic) bond motifs is 1. The number of hydrogen-bond donors (Lipinski definition) is 2. The number of esters is 1. The van der Waals surface area contributed by atoms with E-state index in [0.717, 1.165) is 18.4 Å². The molecule has 0 heterocycles. The first-order valence-electron chi connectivity index (χ1n) is 6.51. The Kier molecular flexibility index (Phi) is 4.34. The van der Waals surface area contributed by atoms with Crippen molar-refractivity contribution in [2.24, 2.45) is 10.8 Å². The van der Waals surface area contributed by atoms with Crippen molar-refractivity contribution in [2.75, 3.05) is 6.61 Å². The van der Waals surface area contributed by atoms with Gasteiger partial charge in [0.1, 0.15) is 0 Å². The van der Waals surface area contributed by atoms with Crippen LogP contribution >= 0.6 is 0 Å². The average molecular weight is 275 g/mol. The standard InChI is InChI=1S/C14H17N3O3/c1-2-20-14(19)12(15)16-17-13(18)11-8-7-9-5-3-4-6-10(9)11/h3-6,11H,2,7-8H2,1H3,(H2,15,16)(H,17,18). The zero-order valence-electron chi connectivity index (χ0n) is 11.3. The Morgan fingerprint density at radius 3 is 2.95 bits per heavy atom. The molecular formula is C14H17N3O3. The third kappa shape index (κ3) is 2.96. The molecule has 1 amide bonds. The predicted octanol–water partition coefficient (Wildman–Crippen LogP) is 0.668. The number of hydrogen-bond acceptors (Lipinski definition) is 4. The first kappa shape index (κ1) is 14.0. The van der Waals surface area contributed by atoms with Crippen LogP contribution in [-0.2, 0) is 20.7 Å². The maximum Gasteiger partial charge on any atom is 0.375 e. The third-order valence-corrected chi connectivity index (χ3v) is 3.22. The van der Waals surface area contributed by atoms with E-state index >= 15 is 0 Å². The number of carbonyl (C=O) groups excluding carboxylic acids is 2. The molecule has 1 aliphatic carbocycles. The van der Waals surface area contributed by atoms with Gasteiger partial charge in [-0.15, -0.1) is 5.10 Å². The second-order valence-electron chi connectivity index (χ2n) is 4.48. The zero-order chi connectivity index (χ0) is 14.5. The van der Waals surface area contributed by atoms with Gasteiger partial charge in [0.25, 0.3) is 0 Å². The van der Waals surface area contributed by atoms with Gasteiger partial charge in [-0.05, 0) is 30.9 Å². The van der Waals surface area contributed by atoms with Crippen LogP contribution in [0.5, 0.6) is 0 Å². The monoisotopic (exact) mass is 275 g/mol. The van der Waals surface area contributed by atoms with Crippen LogP contribution in [0.25, 0.3) is 0 Å². The molecule has 1 aromatic carbocycles. The Bertz CT molecular complexity index is 554. The number of nitrogens with zero attached hydrogens (tertiary/aromatic N) is 1.